The summed E-state index contributed by atoms with van der Waals surface area (Å²) >= 11 is 0. The van der Waals surface area contributed by atoms with Crippen LogP contribution in [0.2, 0.25) is 0 Å². The molecule has 0 bridgehead atoms. The minimum absolute atomic E-state index is 0.0482. The first kappa shape index (κ1) is 22.0. The van der Waals surface area contributed by atoms with Crippen molar-refractivity contribution in [2.24, 2.45) is 0 Å². The number of nitrogens with one attached hydrogen (secondary N) is 1. The maximum Gasteiger partial charge on any atom is 0.269 e. The number of aromatic nitrogens is 4. The molecule has 5 rings (SSSR count). The normalized spacial score (nSPS) is 11.0. The van der Waals surface area contributed by atoms with Crippen molar-refractivity contribution in [2.45, 2.75) is 13.8 Å². The predicted octanol–water partition coefficient (Wildman–Crippen LogP) is 4.49. The van der Waals surface area contributed by atoms with Gasteiger partial charge in [0.05, 0.1) is 10.6 Å². The van der Waals surface area contributed by atoms with Crippen LogP contribution in [-0.2, 0) is 4.79 Å². The van der Waals surface area contributed by atoms with Gasteiger partial charge in [-0.25, -0.2) is 0 Å². The molecule has 0 aliphatic rings. The lowest BCUT2D eigenvalue weighted by Gasteiger charge is -2.11. The molecule has 0 spiro atoms. The van der Waals surface area contributed by atoms with Crippen LogP contribution < -0.4 is 10.1 Å². The first-order valence-corrected chi connectivity index (χ1v) is 10.8. The number of nitro groups is 1. The number of hydrogen-bond donors (Lipinski definition) is 1. The van der Waals surface area contributed by atoms with E-state index in [4.69, 9.17) is 4.74 Å². The van der Waals surface area contributed by atoms with Crippen molar-refractivity contribution in [1.82, 2.24) is 19.8 Å². The Labute approximate surface area is 199 Å². The Bertz CT molecular complexity index is 1590. The molecule has 0 aliphatic carbocycles. The van der Waals surface area contributed by atoms with Crippen LogP contribution in [0.5, 0.6) is 5.75 Å². The van der Waals surface area contributed by atoms with Gasteiger partial charge in [0.15, 0.2) is 18.1 Å². The number of anilines is 1. The lowest BCUT2D eigenvalue weighted by Crippen LogP contribution is -2.20. The third kappa shape index (κ3) is 4.24. The maximum atomic E-state index is 12.5. The summed E-state index contributed by atoms with van der Waals surface area (Å²) in [4.78, 5) is 22.8. The topological polar surface area (TPSA) is 125 Å². The van der Waals surface area contributed by atoms with E-state index in [1.807, 2.05) is 56.3 Å². The van der Waals surface area contributed by atoms with Crippen LogP contribution in [0.15, 0.2) is 66.7 Å². The number of ether oxygens (including phenoxy) is 1. The van der Waals surface area contributed by atoms with Crippen LogP contribution in [0.1, 0.15) is 11.3 Å². The molecule has 10 heteroatoms. The zero-order valence-electron chi connectivity index (χ0n) is 18.9. The summed E-state index contributed by atoms with van der Waals surface area (Å²) in [5.41, 5.74) is 3.68. The second-order valence-corrected chi connectivity index (χ2v) is 8.01. The van der Waals surface area contributed by atoms with Crippen LogP contribution in [0.3, 0.4) is 0 Å². The zero-order chi connectivity index (χ0) is 24.5. The predicted molar refractivity (Wildman–Crippen MR) is 130 cm³/mol. The average molecular weight is 468 g/mol. The van der Waals surface area contributed by atoms with Crippen molar-refractivity contribution in [3.8, 4) is 17.1 Å². The molecule has 0 fully saturated rings. The van der Waals surface area contributed by atoms with E-state index < -0.39 is 4.92 Å². The lowest BCUT2D eigenvalue weighted by molar-refractivity contribution is -0.384. The Balaban J connectivity index is 1.38. The molecule has 0 atom stereocenters. The summed E-state index contributed by atoms with van der Waals surface area (Å²) in [7, 11) is 0. The van der Waals surface area contributed by atoms with E-state index in [0.29, 0.717) is 22.9 Å². The summed E-state index contributed by atoms with van der Waals surface area (Å²) < 4.78 is 7.17. The molecule has 2 heterocycles. The van der Waals surface area contributed by atoms with E-state index in [-0.39, 0.29) is 18.2 Å². The molecule has 5 aromatic rings. The van der Waals surface area contributed by atoms with E-state index in [1.54, 1.807) is 4.52 Å². The Kier molecular flexibility index (Phi) is 5.54. The van der Waals surface area contributed by atoms with Crippen LogP contribution in [-0.4, -0.2) is 37.2 Å². The summed E-state index contributed by atoms with van der Waals surface area (Å²) in [5.74, 6) is 0.556. The van der Waals surface area contributed by atoms with Gasteiger partial charge in [-0.15, -0.1) is 10.2 Å². The zero-order valence-corrected chi connectivity index (χ0v) is 18.9. The highest BCUT2D eigenvalue weighted by atomic mass is 16.6. The van der Waals surface area contributed by atoms with Crippen LogP contribution in [0.25, 0.3) is 27.8 Å². The molecule has 1 N–H and O–H groups in total. The van der Waals surface area contributed by atoms with Gasteiger partial charge < -0.3 is 10.1 Å². The van der Waals surface area contributed by atoms with Gasteiger partial charge in [0, 0.05) is 34.2 Å². The van der Waals surface area contributed by atoms with E-state index in [1.165, 1.54) is 24.3 Å². The number of rotatable bonds is 6. The van der Waals surface area contributed by atoms with Gasteiger partial charge in [0.2, 0.25) is 0 Å². The number of nitrogens with zero attached hydrogens (tertiary/aromatic N) is 5. The first-order valence-electron chi connectivity index (χ1n) is 10.8. The molecule has 0 aliphatic heterocycles. The fourth-order valence-corrected chi connectivity index (χ4v) is 3.81. The largest absolute Gasteiger partial charge is 0.484 e. The van der Waals surface area contributed by atoms with E-state index in [2.05, 4.69) is 20.6 Å². The number of amides is 1. The summed E-state index contributed by atoms with van der Waals surface area (Å²) in [6.45, 7) is 3.58. The molecule has 10 nitrogen and oxygen atoms in total. The molecule has 0 saturated carbocycles. The second-order valence-electron chi connectivity index (χ2n) is 8.01. The lowest BCUT2D eigenvalue weighted by atomic mass is 10.1. The van der Waals surface area contributed by atoms with Gasteiger partial charge in [-0.1, -0.05) is 36.4 Å². The number of carbonyl (C=O) groups is 1. The molecule has 0 radical (unpaired) electrons. The Morgan fingerprint density at radius 2 is 1.77 bits per heavy atom. The molecular formula is C25H20N6O4. The number of fused-ring (bicyclic) bond motifs is 3. The van der Waals surface area contributed by atoms with Crippen molar-refractivity contribution in [2.75, 3.05) is 11.9 Å². The quantitative estimate of drug-likeness (QED) is 0.288. The van der Waals surface area contributed by atoms with Gasteiger partial charge in [0.25, 0.3) is 11.6 Å². The third-order valence-corrected chi connectivity index (χ3v) is 5.64. The highest BCUT2D eigenvalue weighted by molar-refractivity contribution is 5.96. The highest BCUT2D eigenvalue weighted by Gasteiger charge is 2.15. The fourth-order valence-electron chi connectivity index (χ4n) is 3.81. The van der Waals surface area contributed by atoms with Crippen molar-refractivity contribution >= 4 is 33.7 Å². The van der Waals surface area contributed by atoms with E-state index in [9.17, 15) is 14.9 Å². The van der Waals surface area contributed by atoms with Gasteiger partial charge in [-0.3, -0.25) is 14.9 Å². The summed E-state index contributed by atoms with van der Waals surface area (Å²) in [5, 5.41) is 29.0. The Hall–Kier alpha value is -4.86. The number of non-ortho nitro benzene ring substituents is 1. The third-order valence-electron chi connectivity index (χ3n) is 5.64. The standard InChI is InChI=1S/C25H20N6O4/c1-15-7-8-17(24-27-28-25-21-6-4-3-5-20(21)16(2)29-30(24)25)13-22(15)26-23(32)14-35-19-11-9-18(10-12-19)31(33)34/h3-13H,14H2,1-2H3,(H,26,32). The van der Waals surface area contributed by atoms with Gasteiger partial charge >= 0.3 is 0 Å². The molecule has 35 heavy (non-hydrogen) atoms. The van der Waals surface area contributed by atoms with Gasteiger partial charge in [-0.2, -0.15) is 9.61 Å². The second kappa shape index (κ2) is 8.82. The highest BCUT2D eigenvalue weighted by Crippen LogP contribution is 2.27. The van der Waals surface area contributed by atoms with Crippen LogP contribution >= 0.6 is 0 Å². The average Bonchev–Trinajstić information content (AvgIpc) is 3.28. The van der Waals surface area contributed by atoms with Crippen LogP contribution in [0, 0.1) is 24.0 Å². The van der Waals surface area contributed by atoms with E-state index >= 15 is 0 Å². The Morgan fingerprint density at radius 3 is 2.51 bits per heavy atom. The van der Waals surface area contributed by atoms with Gasteiger partial charge in [0.1, 0.15) is 5.75 Å². The molecule has 0 unspecified atom stereocenters. The first-order chi connectivity index (χ1) is 16.9. The van der Waals surface area contributed by atoms with Gasteiger partial charge in [-0.05, 0) is 37.6 Å². The minimum Gasteiger partial charge on any atom is -0.484 e. The number of nitro benzene ring substituents is 1. The minimum atomic E-state index is -0.496. The molecule has 3 aromatic carbocycles. The molecular weight excluding hydrogens is 448 g/mol. The SMILES string of the molecule is Cc1ccc(-c2nnc3c4ccccc4c(C)nn23)cc1NC(=O)COc1ccc([N+](=O)[O-])cc1. The molecule has 1 amide bonds. The van der Waals surface area contributed by atoms with Crippen molar-refractivity contribution in [1.29, 1.82) is 0 Å². The molecule has 174 valence electrons. The fraction of sp³-hybridized carbons (Fsp3) is 0.120. The number of carbonyl (C=O) groups excluding carboxylic acids is 1. The van der Waals surface area contributed by atoms with E-state index in [0.717, 1.165) is 27.6 Å². The van der Waals surface area contributed by atoms with Crippen molar-refractivity contribution in [3.63, 3.8) is 0 Å². The van der Waals surface area contributed by atoms with Crippen molar-refractivity contribution in [3.05, 3.63) is 88.1 Å². The molecule has 0 saturated heterocycles. The van der Waals surface area contributed by atoms with Crippen molar-refractivity contribution < 1.29 is 14.5 Å². The smallest absolute Gasteiger partial charge is 0.269 e. The number of benzene rings is 3. The Morgan fingerprint density at radius 1 is 1.03 bits per heavy atom. The number of aryl methyl sites for hydroxylation is 2. The maximum absolute atomic E-state index is 12.5. The summed E-state index contributed by atoms with van der Waals surface area (Å²) in [6.07, 6.45) is 0. The van der Waals surface area contributed by atoms with Crippen LogP contribution in [0.4, 0.5) is 11.4 Å². The monoisotopic (exact) mass is 468 g/mol. The number of hydrogen-bond acceptors (Lipinski definition) is 7. The summed E-state index contributed by atoms with van der Waals surface area (Å²) in [6, 6.07) is 19.1. The molecule has 2 aromatic heterocycles.